The molecular weight excluding hydrogens is 543 g/mol. The van der Waals surface area contributed by atoms with E-state index < -0.39 is 5.76 Å². The highest BCUT2D eigenvalue weighted by Crippen LogP contribution is 2.44. The van der Waals surface area contributed by atoms with Gasteiger partial charge in [-0.15, -0.1) is 10.2 Å². The zero-order chi connectivity index (χ0) is 27.9. The molecule has 2 heterocycles. The first-order valence-corrected chi connectivity index (χ1v) is 13.8. The number of H-pyrrole nitrogens is 1. The van der Waals surface area contributed by atoms with E-state index in [0.717, 1.165) is 35.7 Å². The van der Waals surface area contributed by atoms with Crippen molar-refractivity contribution in [3.63, 3.8) is 0 Å². The Hall–Kier alpha value is -3.14. The van der Waals surface area contributed by atoms with Crippen LogP contribution in [0.5, 0.6) is 0 Å². The van der Waals surface area contributed by atoms with Gasteiger partial charge in [0.2, 0.25) is 11.8 Å². The SMILES string of the molecule is CCc1n[nH]c(=O)o1.CCc1nn(C2CC(c3ccc(Cl)cc3)C2)c(=O)o1.OC1CC(c2ccc(Cl)cc2)C1. The summed E-state index contributed by atoms with van der Waals surface area (Å²) in [6.07, 6.45) is 4.89. The number of rotatable bonds is 5. The van der Waals surface area contributed by atoms with Crippen LogP contribution >= 0.6 is 23.2 Å². The minimum absolute atomic E-state index is 0.0781. The van der Waals surface area contributed by atoms with Crippen molar-refractivity contribution in [2.45, 2.75) is 76.4 Å². The molecule has 11 heteroatoms. The molecule has 0 saturated heterocycles. The number of hydrogen-bond acceptors (Lipinski definition) is 7. The molecule has 0 amide bonds. The molecule has 4 aromatic rings. The Morgan fingerprint density at radius 1 is 0.846 bits per heavy atom. The molecule has 2 aliphatic carbocycles. The third kappa shape index (κ3) is 7.71. The number of nitrogens with zero attached hydrogens (tertiary/aromatic N) is 3. The van der Waals surface area contributed by atoms with Gasteiger partial charge in [-0.2, -0.15) is 4.68 Å². The minimum atomic E-state index is -0.484. The summed E-state index contributed by atoms with van der Waals surface area (Å²) in [5.41, 5.74) is 2.57. The van der Waals surface area contributed by atoms with E-state index in [1.54, 1.807) is 0 Å². The number of aromatic amines is 1. The number of benzene rings is 2. The lowest BCUT2D eigenvalue weighted by atomic mass is 9.76. The van der Waals surface area contributed by atoms with Gasteiger partial charge in [0, 0.05) is 22.9 Å². The second kappa shape index (κ2) is 13.3. The lowest BCUT2D eigenvalue weighted by molar-refractivity contribution is 0.0746. The van der Waals surface area contributed by atoms with Crippen molar-refractivity contribution in [2.24, 2.45) is 0 Å². The van der Waals surface area contributed by atoms with Crippen LogP contribution in [0, 0.1) is 0 Å². The molecule has 6 rings (SSSR count). The van der Waals surface area contributed by atoms with E-state index in [2.05, 4.69) is 19.7 Å². The van der Waals surface area contributed by atoms with Gasteiger partial charge in [0.25, 0.3) is 0 Å². The molecular formula is C28H32Cl2N4O5. The summed E-state index contributed by atoms with van der Waals surface area (Å²) in [6.45, 7) is 3.78. The molecule has 9 nitrogen and oxygen atoms in total. The molecule has 0 bridgehead atoms. The van der Waals surface area contributed by atoms with E-state index >= 15 is 0 Å². The summed E-state index contributed by atoms with van der Waals surface area (Å²) in [5, 5.41) is 20.5. The van der Waals surface area contributed by atoms with Crippen molar-refractivity contribution in [2.75, 3.05) is 0 Å². The summed E-state index contributed by atoms with van der Waals surface area (Å²) in [6, 6.07) is 16.0. The smallest absolute Gasteiger partial charge is 0.393 e. The molecule has 2 saturated carbocycles. The molecule has 2 aromatic heterocycles. The minimum Gasteiger partial charge on any atom is -0.393 e. The van der Waals surface area contributed by atoms with Crippen LogP contribution in [0.4, 0.5) is 0 Å². The second-order valence-electron chi connectivity index (χ2n) is 9.67. The fraction of sp³-hybridized carbons (Fsp3) is 0.429. The fourth-order valence-electron chi connectivity index (χ4n) is 4.50. The summed E-state index contributed by atoms with van der Waals surface area (Å²) in [4.78, 5) is 21.8. The molecule has 0 unspecified atom stereocenters. The molecule has 0 atom stereocenters. The standard InChI is InChI=1S/C14H15ClN2O2.C10H11ClO.C4H6N2O2/c1-2-13-16-17(14(18)19-13)12-7-10(8-12)9-3-5-11(15)6-4-9;11-9-3-1-7(2-4-9)8-5-10(12)6-8;1-2-3-5-6-4(7)8-3/h3-6,10,12H,2,7-8H2,1H3;1-4,8,10,12H,5-6H2;2H2,1H3,(H,6,7). The maximum Gasteiger partial charge on any atom is 0.437 e. The maximum atomic E-state index is 11.6. The number of nitrogens with one attached hydrogen (secondary N) is 1. The van der Waals surface area contributed by atoms with Gasteiger partial charge < -0.3 is 13.9 Å². The first-order chi connectivity index (χ1) is 18.7. The van der Waals surface area contributed by atoms with Gasteiger partial charge in [-0.05, 0) is 72.9 Å². The first-order valence-electron chi connectivity index (χ1n) is 13.1. The average Bonchev–Trinajstić information content (AvgIpc) is 3.49. The van der Waals surface area contributed by atoms with Crippen LogP contribution < -0.4 is 11.5 Å². The van der Waals surface area contributed by atoms with Crippen LogP contribution in [0.3, 0.4) is 0 Å². The maximum absolute atomic E-state index is 11.6. The zero-order valence-electron chi connectivity index (χ0n) is 21.8. The van der Waals surface area contributed by atoms with E-state index in [0.29, 0.717) is 36.5 Å². The predicted octanol–water partition coefficient (Wildman–Crippen LogP) is 5.67. The van der Waals surface area contributed by atoms with E-state index in [9.17, 15) is 9.59 Å². The van der Waals surface area contributed by atoms with Crippen molar-refractivity contribution in [3.8, 4) is 0 Å². The number of hydrogen-bond donors (Lipinski definition) is 2. The van der Waals surface area contributed by atoms with Gasteiger partial charge in [0.15, 0.2) is 0 Å². The Morgan fingerprint density at radius 3 is 1.74 bits per heavy atom. The van der Waals surface area contributed by atoms with Crippen molar-refractivity contribution in [1.82, 2.24) is 20.0 Å². The van der Waals surface area contributed by atoms with Crippen LogP contribution in [0.2, 0.25) is 10.0 Å². The molecule has 0 aliphatic heterocycles. The van der Waals surface area contributed by atoms with Crippen LogP contribution in [-0.2, 0) is 12.8 Å². The monoisotopic (exact) mass is 574 g/mol. The lowest BCUT2D eigenvalue weighted by Crippen LogP contribution is -2.31. The average molecular weight is 575 g/mol. The molecule has 0 radical (unpaired) electrons. The number of aryl methyl sites for hydroxylation is 2. The molecule has 2 aromatic carbocycles. The van der Waals surface area contributed by atoms with Crippen LogP contribution in [0.1, 0.15) is 80.3 Å². The highest BCUT2D eigenvalue weighted by molar-refractivity contribution is 6.30. The number of aromatic nitrogens is 4. The van der Waals surface area contributed by atoms with Gasteiger partial charge in [-0.25, -0.2) is 14.7 Å². The summed E-state index contributed by atoms with van der Waals surface area (Å²) in [5.74, 6) is 1.18. The fourth-order valence-corrected chi connectivity index (χ4v) is 4.76. The molecule has 208 valence electrons. The van der Waals surface area contributed by atoms with Crippen molar-refractivity contribution in [1.29, 1.82) is 0 Å². The quantitative estimate of drug-likeness (QED) is 0.314. The van der Waals surface area contributed by atoms with Crippen LogP contribution in [-0.4, -0.2) is 31.2 Å². The largest absolute Gasteiger partial charge is 0.437 e. The number of aliphatic hydroxyl groups is 1. The van der Waals surface area contributed by atoms with Gasteiger partial charge in [0.1, 0.15) is 0 Å². The Bertz CT molecular complexity index is 1430. The van der Waals surface area contributed by atoms with E-state index in [1.807, 2.05) is 62.4 Å². The third-order valence-corrected chi connectivity index (χ3v) is 7.46. The Kier molecular flexibility index (Phi) is 9.83. The normalized spacial score (nSPS) is 21.5. The van der Waals surface area contributed by atoms with Crippen molar-refractivity contribution < 1.29 is 13.9 Å². The van der Waals surface area contributed by atoms with Crippen molar-refractivity contribution >= 4 is 23.2 Å². The summed E-state index contributed by atoms with van der Waals surface area (Å²) < 4.78 is 11.1. The summed E-state index contributed by atoms with van der Waals surface area (Å²) >= 11 is 11.6. The number of aliphatic hydroxyl groups excluding tert-OH is 1. The van der Waals surface area contributed by atoms with Gasteiger partial charge in [-0.1, -0.05) is 61.3 Å². The van der Waals surface area contributed by atoms with E-state index in [4.69, 9.17) is 32.7 Å². The molecule has 2 aliphatic rings. The van der Waals surface area contributed by atoms with Crippen LogP contribution in [0.15, 0.2) is 67.0 Å². The van der Waals surface area contributed by atoms with E-state index in [-0.39, 0.29) is 17.9 Å². The topological polar surface area (TPSA) is 127 Å². The van der Waals surface area contributed by atoms with Gasteiger partial charge >= 0.3 is 11.5 Å². The predicted molar refractivity (Wildman–Crippen MR) is 149 cm³/mol. The zero-order valence-corrected chi connectivity index (χ0v) is 23.4. The molecule has 2 fully saturated rings. The van der Waals surface area contributed by atoms with Crippen LogP contribution in [0.25, 0.3) is 0 Å². The van der Waals surface area contributed by atoms with Gasteiger partial charge in [0.05, 0.1) is 12.1 Å². The first kappa shape index (κ1) is 28.9. The van der Waals surface area contributed by atoms with Gasteiger partial charge in [-0.3, -0.25) is 0 Å². The molecule has 0 spiro atoms. The lowest BCUT2D eigenvalue weighted by Gasteiger charge is -2.34. The Labute approximate surface area is 235 Å². The molecule has 2 N–H and O–H groups in total. The highest BCUT2D eigenvalue weighted by Gasteiger charge is 2.34. The highest BCUT2D eigenvalue weighted by atomic mass is 35.5. The summed E-state index contributed by atoms with van der Waals surface area (Å²) in [7, 11) is 0. The third-order valence-electron chi connectivity index (χ3n) is 6.95. The Balaban J connectivity index is 0.000000150. The Morgan fingerprint density at radius 2 is 1.36 bits per heavy atom. The van der Waals surface area contributed by atoms with E-state index in [1.165, 1.54) is 15.8 Å². The second-order valence-corrected chi connectivity index (χ2v) is 10.5. The molecule has 39 heavy (non-hydrogen) atoms. The number of halogens is 2. The van der Waals surface area contributed by atoms with Crippen molar-refractivity contribution in [3.05, 3.63) is 103 Å².